The fourth-order valence-electron chi connectivity index (χ4n) is 1.70. The molecule has 1 aliphatic carbocycles. The van der Waals surface area contributed by atoms with Crippen LogP contribution in [0.3, 0.4) is 0 Å². The Morgan fingerprint density at radius 1 is 1.33 bits per heavy atom. The van der Waals surface area contributed by atoms with Gasteiger partial charge in [-0.2, -0.15) is 4.98 Å². The zero-order chi connectivity index (χ0) is 12.5. The van der Waals surface area contributed by atoms with Crippen LogP contribution < -0.4 is 11.1 Å². The normalized spacial score (nSPS) is 14.7. The summed E-state index contributed by atoms with van der Waals surface area (Å²) in [5.74, 6) is 0.681. The summed E-state index contributed by atoms with van der Waals surface area (Å²) in [7, 11) is 0. The van der Waals surface area contributed by atoms with E-state index >= 15 is 0 Å². The minimum absolute atomic E-state index is 0.249. The molecule has 94 valence electrons. The predicted molar refractivity (Wildman–Crippen MR) is 66.6 cm³/mol. The Balaban J connectivity index is 1.74. The topological polar surface area (TPSA) is 68.8 Å². The Kier molecular flexibility index (Phi) is 2.62. The lowest BCUT2D eigenvalue weighted by Crippen LogP contribution is -2.07. The van der Waals surface area contributed by atoms with Gasteiger partial charge in [-0.05, 0) is 30.5 Å². The zero-order valence-corrected chi connectivity index (χ0v) is 9.81. The van der Waals surface area contributed by atoms with E-state index in [1.54, 1.807) is 16.8 Å². The van der Waals surface area contributed by atoms with Crippen LogP contribution in [0, 0.1) is 5.82 Å². The molecule has 1 aromatic heterocycles. The van der Waals surface area contributed by atoms with E-state index in [0.29, 0.717) is 24.5 Å². The van der Waals surface area contributed by atoms with Crippen molar-refractivity contribution in [3.63, 3.8) is 0 Å². The Bertz CT molecular complexity index is 544. The fraction of sp³-hybridized carbons (Fsp3) is 0.333. The molecule has 1 fully saturated rings. The number of benzene rings is 1. The minimum atomic E-state index is -0.249. The van der Waals surface area contributed by atoms with E-state index in [-0.39, 0.29) is 5.82 Å². The Morgan fingerprint density at radius 2 is 2.06 bits per heavy atom. The van der Waals surface area contributed by atoms with Crippen LogP contribution in [0.1, 0.15) is 18.4 Å². The molecule has 3 N–H and O–H groups in total. The van der Waals surface area contributed by atoms with Crippen molar-refractivity contribution < 1.29 is 4.39 Å². The number of nitrogens with two attached hydrogens (primary N) is 1. The third-order valence-corrected chi connectivity index (χ3v) is 2.86. The molecule has 6 heteroatoms. The summed E-state index contributed by atoms with van der Waals surface area (Å²) in [6.45, 7) is 0.492. The number of anilines is 2. The molecule has 1 aromatic carbocycles. The molecule has 0 saturated heterocycles. The van der Waals surface area contributed by atoms with Crippen LogP contribution >= 0.6 is 0 Å². The van der Waals surface area contributed by atoms with Gasteiger partial charge >= 0.3 is 0 Å². The van der Waals surface area contributed by atoms with E-state index in [1.165, 1.54) is 12.1 Å². The fourth-order valence-corrected chi connectivity index (χ4v) is 1.70. The second kappa shape index (κ2) is 4.29. The van der Waals surface area contributed by atoms with E-state index in [1.807, 2.05) is 0 Å². The molecule has 1 aliphatic rings. The Morgan fingerprint density at radius 3 is 2.72 bits per heavy atom. The van der Waals surface area contributed by atoms with E-state index in [2.05, 4.69) is 15.4 Å². The van der Waals surface area contributed by atoms with Gasteiger partial charge in [0, 0.05) is 6.04 Å². The number of nitrogens with zero attached hydrogens (tertiary/aromatic N) is 3. The minimum Gasteiger partial charge on any atom is -0.368 e. The molecule has 0 unspecified atom stereocenters. The molecule has 0 amide bonds. The summed E-state index contributed by atoms with van der Waals surface area (Å²) in [5, 5.41) is 7.47. The lowest BCUT2D eigenvalue weighted by Gasteiger charge is -2.02. The highest BCUT2D eigenvalue weighted by atomic mass is 19.1. The number of hydrogen-bond donors (Lipinski definition) is 2. The van der Waals surface area contributed by atoms with Crippen molar-refractivity contribution >= 4 is 11.9 Å². The predicted octanol–water partition coefficient (Wildman–Crippen LogP) is 1.62. The molecule has 0 aliphatic heterocycles. The second-order valence-corrected chi connectivity index (χ2v) is 4.50. The summed E-state index contributed by atoms with van der Waals surface area (Å²) >= 11 is 0. The number of aromatic nitrogens is 3. The number of rotatable bonds is 4. The van der Waals surface area contributed by atoms with Gasteiger partial charge in [0.15, 0.2) is 0 Å². The summed E-state index contributed by atoms with van der Waals surface area (Å²) in [6, 6.07) is 6.76. The first-order valence-corrected chi connectivity index (χ1v) is 5.92. The highest BCUT2D eigenvalue weighted by Gasteiger charge is 2.22. The summed E-state index contributed by atoms with van der Waals surface area (Å²) < 4.78 is 14.4. The van der Waals surface area contributed by atoms with Gasteiger partial charge in [0.2, 0.25) is 11.9 Å². The van der Waals surface area contributed by atoms with Gasteiger partial charge in [-0.3, -0.25) is 0 Å². The molecule has 0 bridgehead atoms. The highest BCUT2D eigenvalue weighted by molar-refractivity contribution is 5.34. The van der Waals surface area contributed by atoms with E-state index in [4.69, 9.17) is 5.73 Å². The molecule has 1 heterocycles. The maximum atomic E-state index is 12.8. The average Bonchev–Trinajstić information content (AvgIpc) is 3.08. The third-order valence-electron chi connectivity index (χ3n) is 2.86. The monoisotopic (exact) mass is 247 g/mol. The lowest BCUT2D eigenvalue weighted by molar-refractivity contribution is 0.625. The van der Waals surface area contributed by atoms with Crippen molar-refractivity contribution in [1.82, 2.24) is 14.8 Å². The molecule has 5 nitrogen and oxygen atoms in total. The lowest BCUT2D eigenvalue weighted by atomic mass is 10.2. The molecule has 0 spiro atoms. The molecule has 1 saturated carbocycles. The highest BCUT2D eigenvalue weighted by Crippen LogP contribution is 2.23. The first-order chi connectivity index (χ1) is 8.70. The van der Waals surface area contributed by atoms with E-state index < -0.39 is 0 Å². The van der Waals surface area contributed by atoms with Gasteiger partial charge in [0.25, 0.3) is 0 Å². The quantitative estimate of drug-likeness (QED) is 0.861. The van der Waals surface area contributed by atoms with Crippen molar-refractivity contribution in [2.75, 3.05) is 11.1 Å². The second-order valence-electron chi connectivity index (χ2n) is 4.50. The Hall–Kier alpha value is -2.11. The number of nitrogens with one attached hydrogen (secondary N) is 1. The summed E-state index contributed by atoms with van der Waals surface area (Å²) in [4.78, 5) is 4.15. The van der Waals surface area contributed by atoms with Crippen molar-refractivity contribution in [2.45, 2.75) is 25.4 Å². The molecule has 0 atom stereocenters. The van der Waals surface area contributed by atoms with Crippen molar-refractivity contribution in [3.8, 4) is 0 Å². The molecule has 2 aromatic rings. The van der Waals surface area contributed by atoms with Gasteiger partial charge in [-0.25, -0.2) is 9.07 Å². The number of hydrogen-bond acceptors (Lipinski definition) is 4. The van der Waals surface area contributed by atoms with Crippen molar-refractivity contribution in [1.29, 1.82) is 0 Å². The average molecular weight is 247 g/mol. The molecule has 0 radical (unpaired) electrons. The molecular weight excluding hydrogens is 233 g/mol. The van der Waals surface area contributed by atoms with Gasteiger partial charge in [-0.15, -0.1) is 5.10 Å². The van der Waals surface area contributed by atoms with Gasteiger partial charge in [0.1, 0.15) is 5.82 Å². The maximum absolute atomic E-state index is 12.8. The van der Waals surface area contributed by atoms with Crippen LogP contribution in [-0.4, -0.2) is 20.8 Å². The van der Waals surface area contributed by atoms with Gasteiger partial charge < -0.3 is 11.1 Å². The van der Waals surface area contributed by atoms with Crippen LogP contribution in [0.2, 0.25) is 0 Å². The van der Waals surface area contributed by atoms with Crippen LogP contribution in [0.15, 0.2) is 24.3 Å². The standard InChI is InChI=1S/C12H14FN5/c13-9-3-1-8(2-4-9)7-18-11(14)16-12(17-18)15-10-5-6-10/h1-4,10H,5-7H2,(H3,14,15,16,17). The van der Waals surface area contributed by atoms with E-state index in [9.17, 15) is 4.39 Å². The van der Waals surface area contributed by atoms with Crippen molar-refractivity contribution in [3.05, 3.63) is 35.6 Å². The van der Waals surface area contributed by atoms with Crippen molar-refractivity contribution in [2.24, 2.45) is 0 Å². The Labute approximate surface area is 104 Å². The van der Waals surface area contributed by atoms with Crippen LogP contribution in [-0.2, 0) is 6.54 Å². The summed E-state index contributed by atoms with van der Waals surface area (Å²) in [5.41, 5.74) is 6.73. The molecule has 18 heavy (non-hydrogen) atoms. The van der Waals surface area contributed by atoms with E-state index in [0.717, 1.165) is 18.4 Å². The van der Waals surface area contributed by atoms with Gasteiger partial charge in [0.05, 0.1) is 6.54 Å². The largest absolute Gasteiger partial charge is 0.368 e. The number of halogens is 1. The maximum Gasteiger partial charge on any atom is 0.244 e. The smallest absolute Gasteiger partial charge is 0.244 e. The first kappa shape index (κ1) is 11.0. The first-order valence-electron chi connectivity index (χ1n) is 5.92. The summed E-state index contributed by atoms with van der Waals surface area (Å²) in [6.07, 6.45) is 2.32. The zero-order valence-electron chi connectivity index (χ0n) is 9.81. The van der Waals surface area contributed by atoms with Gasteiger partial charge in [-0.1, -0.05) is 12.1 Å². The molecule has 3 rings (SSSR count). The number of nitrogen functional groups attached to an aromatic ring is 1. The van der Waals surface area contributed by atoms with Crippen LogP contribution in [0.25, 0.3) is 0 Å². The van der Waals surface area contributed by atoms with Crippen LogP contribution in [0.4, 0.5) is 16.3 Å². The third kappa shape index (κ3) is 2.42. The molecular formula is C12H14FN5. The SMILES string of the molecule is Nc1nc(NC2CC2)nn1Cc1ccc(F)cc1. The van der Waals surface area contributed by atoms with Crippen LogP contribution in [0.5, 0.6) is 0 Å².